The molecule has 0 bridgehead atoms. The van der Waals surface area contributed by atoms with Crippen molar-refractivity contribution < 1.29 is 13.2 Å². The van der Waals surface area contributed by atoms with Gasteiger partial charge in [0.05, 0.1) is 0 Å². The fourth-order valence-corrected chi connectivity index (χ4v) is 2.02. The minimum atomic E-state index is -0.917. The summed E-state index contributed by atoms with van der Waals surface area (Å²) < 4.78 is 39.5. The molecule has 2 aromatic rings. The summed E-state index contributed by atoms with van der Waals surface area (Å²) in [6, 6.07) is 9.12. The van der Waals surface area contributed by atoms with Gasteiger partial charge in [-0.1, -0.05) is 36.4 Å². The third-order valence-electron chi connectivity index (χ3n) is 2.89. The lowest BCUT2D eigenvalue weighted by Gasteiger charge is -2.01. The Bertz CT molecular complexity index is 595. The molecule has 0 spiro atoms. The monoisotopic (exact) mass is 294 g/mol. The molecule has 0 radical (unpaired) electrons. The Hall–Kier alpha value is -1.68. The lowest BCUT2D eigenvalue weighted by atomic mass is 10.1. The maximum Gasteiger partial charge on any atom is 0.136 e. The van der Waals surface area contributed by atoms with Crippen molar-refractivity contribution >= 4 is 18.7 Å². The highest BCUT2D eigenvalue weighted by molar-refractivity contribution is 7.79. The first-order chi connectivity index (χ1) is 9.60. The summed E-state index contributed by atoms with van der Waals surface area (Å²) in [5.41, 5.74) is 1.91. The molecule has 2 rings (SSSR count). The molecule has 0 unspecified atom stereocenters. The van der Waals surface area contributed by atoms with Crippen LogP contribution in [0.2, 0.25) is 0 Å². The van der Waals surface area contributed by atoms with Crippen molar-refractivity contribution in [1.82, 2.24) is 0 Å². The predicted octanol–water partition coefficient (Wildman–Crippen LogP) is 4.79. The molecular weight excluding hydrogens is 281 g/mol. The van der Waals surface area contributed by atoms with Crippen molar-refractivity contribution in [3.8, 4) is 0 Å². The first-order valence-electron chi connectivity index (χ1n) is 6.10. The first kappa shape index (κ1) is 14.7. The van der Waals surface area contributed by atoms with Gasteiger partial charge in [0.25, 0.3) is 0 Å². The largest absolute Gasteiger partial charge is 0.207 e. The van der Waals surface area contributed by atoms with Crippen LogP contribution in [0.3, 0.4) is 0 Å². The average molecular weight is 294 g/mol. The van der Waals surface area contributed by atoms with Crippen LogP contribution in [0.1, 0.15) is 16.7 Å². The van der Waals surface area contributed by atoms with E-state index >= 15 is 0 Å². The molecule has 0 N–H and O–H groups in total. The summed E-state index contributed by atoms with van der Waals surface area (Å²) >= 11 is 4.17. The molecule has 2 aromatic carbocycles. The van der Waals surface area contributed by atoms with Gasteiger partial charge >= 0.3 is 0 Å². The second kappa shape index (κ2) is 6.66. The van der Waals surface area contributed by atoms with E-state index in [1.54, 1.807) is 6.08 Å². The molecule has 0 heterocycles. The van der Waals surface area contributed by atoms with Gasteiger partial charge in [-0.25, -0.2) is 13.2 Å². The third kappa shape index (κ3) is 3.67. The van der Waals surface area contributed by atoms with Crippen molar-refractivity contribution in [2.45, 2.75) is 12.2 Å². The Kier molecular flexibility index (Phi) is 4.90. The molecule has 0 aliphatic carbocycles. The molecular formula is C16H13F3S. The molecule has 0 saturated carbocycles. The lowest BCUT2D eigenvalue weighted by Crippen LogP contribution is -1.91. The molecule has 0 amide bonds. The number of thiol groups is 1. The van der Waals surface area contributed by atoms with E-state index in [1.807, 2.05) is 24.3 Å². The molecule has 0 aliphatic heterocycles. The van der Waals surface area contributed by atoms with E-state index < -0.39 is 17.5 Å². The molecule has 0 saturated heterocycles. The zero-order chi connectivity index (χ0) is 14.5. The highest BCUT2D eigenvalue weighted by Gasteiger charge is 2.08. The Balaban J connectivity index is 2.10. The number of halogens is 3. The van der Waals surface area contributed by atoms with Crippen LogP contribution in [-0.2, 0) is 12.2 Å². The number of allylic oxidation sites excluding steroid dienone is 1. The van der Waals surface area contributed by atoms with E-state index in [2.05, 4.69) is 12.6 Å². The van der Waals surface area contributed by atoms with Crippen LogP contribution in [0.25, 0.3) is 6.08 Å². The Morgan fingerprint density at radius 2 is 1.45 bits per heavy atom. The van der Waals surface area contributed by atoms with Gasteiger partial charge in [-0.2, -0.15) is 12.6 Å². The van der Waals surface area contributed by atoms with Gasteiger partial charge in [0.1, 0.15) is 17.5 Å². The molecule has 104 valence electrons. The van der Waals surface area contributed by atoms with Crippen molar-refractivity contribution in [3.05, 3.63) is 76.6 Å². The highest BCUT2D eigenvalue weighted by Crippen LogP contribution is 2.17. The lowest BCUT2D eigenvalue weighted by molar-refractivity contribution is 0.540. The minimum Gasteiger partial charge on any atom is -0.207 e. The van der Waals surface area contributed by atoms with Crippen molar-refractivity contribution in [2.24, 2.45) is 0 Å². The van der Waals surface area contributed by atoms with E-state index in [4.69, 9.17) is 0 Å². The van der Waals surface area contributed by atoms with Gasteiger partial charge in [0.2, 0.25) is 0 Å². The SMILES string of the molecule is Fc1cc(F)c(C=CCc2ccc(CS)cc2)c(F)c1. The molecule has 0 nitrogen and oxygen atoms in total. The molecule has 0 aliphatic rings. The standard InChI is InChI=1S/C16H13F3S/c17-13-8-15(18)14(16(19)9-13)3-1-2-11-4-6-12(10-20)7-5-11/h1,3-9,20H,2,10H2. The topological polar surface area (TPSA) is 0 Å². The smallest absolute Gasteiger partial charge is 0.136 e. The van der Waals surface area contributed by atoms with E-state index in [-0.39, 0.29) is 5.56 Å². The van der Waals surface area contributed by atoms with Gasteiger partial charge in [0, 0.05) is 23.4 Å². The molecule has 0 atom stereocenters. The van der Waals surface area contributed by atoms with E-state index in [0.29, 0.717) is 24.3 Å². The van der Waals surface area contributed by atoms with Crippen LogP contribution in [0.5, 0.6) is 0 Å². The van der Waals surface area contributed by atoms with Gasteiger partial charge in [-0.15, -0.1) is 0 Å². The van der Waals surface area contributed by atoms with Crippen LogP contribution in [0.4, 0.5) is 13.2 Å². The van der Waals surface area contributed by atoms with Crippen LogP contribution < -0.4 is 0 Å². The van der Waals surface area contributed by atoms with E-state index in [1.165, 1.54) is 6.08 Å². The minimum absolute atomic E-state index is 0.224. The quantitative estimate of drug-likeness (QED) is 0.770. The van der Waals surface area contributed by atoms with Crippen molar-refractivity contribution in [2.75, 3.05) is 0 Å². The molecule has 4 heteroatoms. The van der Waals surface area contributed by atoms with Crippen LogP contribution in [-0.4, -0.2) is 0 Å². The maximum atomic E-state index is 13.4. The van der Waals surface area contributed by atoms with Crippen LogP contribution >= 0.6 is 12.6 Å². The van der Waals surface area contributed by atoms with E-state index in [9.17, 15) is 13.2 Å². The third-order valence-corrected chi connectivity index (χ3v) is 3.25. The highest BCUT2D eigenvalue weighted by atomic mass is 32.1. The zero-order valence-electron chi connectivity index (χ0n) is 10.6. The summed E-state index contributed by atoms with van der Waals surface area (Å²) in [4.78, 5) is 0. The van der Waals surface area contributed by atoms with Crippen LogP contribution in [0, 0.1) is 17.5 Å². The summed E-state index contributed by atoms with van der Waals surface area (Å²) in [6.07, 6.45) is 3.52. The van der Waals surface area contributed by atoms with Gasteiger partial charge < -0.3 is 0 Å². The normalized spacial score (nSPS) is 11.2. The summed E-state index contributed by atoms with van der Waals surface area (Å²) in [6.45, 7) is 0. The summed E-state index contributed by atoms with van der Waals surface area (Å²) in [5, 5.41) is 0. The zero-order valence-corrected chi connectivity index (χ0v) is 11.5. The summed E-state index contributed by atoms with van der Waals surface area (Å²) in [7, 11) is 0. The fourth-order valence-electron chi connectivity index (χ4n) is 1.81. The van der Waals surface area contributed by atoms with Gasteiger partial charge in [0.15, 0.2) is 0 Å². The second-order valence-electron chi connectivity index (χ2n) is 4.36. The molecule has 0 aromatic heterocycles. The van der Waals surface area contributed by atoms with Crippen molar-refractivity contribution in [3.63, 3.8) is 0 Å². The van der Waals surface area contributed by atoms with Gasteiger partial charge in [-0.05, 0) is 17.5 Å². The second-order valence-corrected chi connectivity index (χ2v) is 4.68. The molecule has 20 heavy (non-hydrogen) atoms. The fraction of sp³-hybridized carbons (Fsp3) is 0.125. The number of benzene rings is 2. The Labute approximate surface area is 121 Å². The van der Waals surface area contributed by atoms with E-state index in [0.717, 1.165) is 11.1 Å². The predicted molar refractivity (Wildman–Crippen MR) is 78.2 cm³/mol. The number of hydrogen-bond acceptors (Lipinski definition) is 1. The Morgan fingerprint density at radius 1 is 0.900 bits per heavy atom. The summed E-state index contributed by atoms with van der Waals surface area (Å²) in [5.74, 6) is -2.05. The number of hydrogen-bond donors (Lipinski definition) is 1. The van der Waals surface area contributed by atoms with Gasteiger partial charge in [-0.3, -0.25) is 0 Å². The van der Waals surface area contributed by atoms with Crippen molar-refractivity contribution in [1.29, 1.82) is 0 Å². The average Bonchev–Trinajstić information content (AvgIpc) is 2.42. The molecule has 0 fully saturated rings. The van der Waals surface area contributed by atoms with Crippen LogP contribution in [0.15, 0.2) is 42.5 Å². The Morgan fingerprint density at radius 3 is 2.00 bits per heavy atom. The maximum absolute atomic E-state index is 13.4. The first-order valence-corrected chi connectivity index (χ1v) is 6.73. The number of rotatable bonds is 4.